The number of carbonyl (C=O) groups excluding carboxylic acids is 1. The van der Waals surface area contributed by atoms with Crippen molar-refractivity contribution >= 4 is 5.97 Å². The van der Waals surface area contributed by atoms with Gasteiger partial charge in [0.05, 0.1) is 7.11 Å². The lowest BCUT2D eigenvalue weighted by Gasteiger charge is -2.34. The smallest absolute Gasteiger partial charge is 0.325 e. The van der Waals surface area contributed by atoms with Gasteiger partial charge in [0.2, 0.25) is 0 Å². The summed E-state index contributed by atoms with van der Waals surface area (Å²) in [7, 11) is 3.58. The summed E-state index contributed by atoms with van der Waals surface area (Å²) in [6, 6.07) is 0.837. The normalized spacial score (nSPS) is 15.1. The van der Waals surface area contributed by atoms with Crippen molar-refractivity contribution in [2.45, 2.75) is 71.5 Å². The zero-order chi connectivity index (χ0) is 15.1. The van der Waals surface area contributed by atoms with Gasteiger partial charge in [-0.15, -0.1) is 0 Å². The van der Waals surface area contributed by atoms with Crippen LogP contribution in [0.5, 0.6) is 0 Å². The number of rotatable bonds is 9. The summed E-state index contributed by atoms with van der Waals surface area (Å²) in [5, 5.41) is 3.34. The van der Waals surface area contributed by atoms with Crippen molar-refractivity contribution < 1.29 is 9.53 Å². The molecule has 0 spiro atoms. The van der Waals surface area contributed by atoms with Gasteiger partial charge in [0, 0.05) is 18.6 Å². The van der Waals surface area contributed by atoms with Crippen LogP contribution in [0.3, 0.4) is 0 Å². The molecule has 0 rings (SSSR count). The van der Waals surface area contributed by atoms with Crippen LogP contribution in [0.15, 0.2) is 0 Å². The maximum Gasteiger partial charge on any atom is 0.325 e. The lowest BCUT2D eigenvalue weighted by molar-refractivity contribution is -0.148. The molecule has 114 valence electrons. The monoisotopic (exact) mass is 272 g/mol. The van der Waals surface area contributed by atoms with E-state index < -0.39 is 5.54 Å². The fraction of sp³-hybridized carbons (Fsp3) is 0.933. The highest BCUT2D eigenvalue weighted by molar-refractivity contribution is 5.80. The quantitative estimate of drug-likeness (QED) is 0.655. The van der Waals surface area contributed by atoms with Crippen LogP contribution in [0.2, 0.25) is 0 Å². The Kier molecular flexibility index (Phi) is 8.26. The van der Waals surface area contributed by atoms with E-state index >= 15 is 0 Å². The number of nitrogens with zero attached hydrogens (tertiary/aromatic N) is 1. The molecular weight excluding hydrogens is 240 g/mol. The molecule has 4 heteroatoms. The summed E-state index contributed by atoms with van der Waals surface area (Å²) in [5.41, 5.74) is -0.608. The number of carbonyl (C=O) groups is 1. The standard InChI is InChI=1S/C15H32N2O2/c1-8-13(9-2)17(6)11-10-15(5,14(18)19-7)16-12(3)4/h12-13,16H,8-11H2,1-7H3. The minimum Gasteiger partial charge on any atom is -0.468 e. The molecule has 0 bridgehead atoms. The molecule has 4 nitrogen and oxygen atoms in total. The Balaban J connectivity index is 4.62. The highest BCUT2D eigenvalue weighted by atomic mass is 16.5. The third-order valence-electron chi connectivity index (χ3n) is 3.77. The van der Waals surface area contributed by atoms with Crippen molar-refractivity contribution in [1.29, 1.82) is 0 Å². The minimum atomic E-state index is -0.608. The molecule has 0 aromatic rings. The maximum absolute atomic E-state index is 12.0. The van der Waals surface area contributed by atoms with E-state index in [9.17, 15) is 4.79 Å². The van der Waals surface area contributed by atoms with Crippen LogP contribution < -0.4 is 5.32 Å². The summed E-state index contributed by atoms with van der Waals surface area (Å²) in [4.78, 5) is 14.3. The van der Waals surface area contributed by atoms with Crippen molar-refractivity contribution in [3.05, 3.63) is 0 Å². The minimum absolute atomic E-state index is 0.181. The van der Waals surface area contributed by atoms with Gasteiger partial charge in [0.25, 0.3) is 0 Å². The Morgan fingerprint density at radius 2 is 1.84 bits per heavy atom. The van der Waals surface area contributed by atoms with E-state index in [2.05, 4.69) is 31.1 Å². The number of ether oxygens (including phenoxy) is 1. The molecule has 0 amide bonds. The summed E-state index contributed by atoms with van der Waals surface area (Å²) >= 11 is 0. The van der Waals surface area contributed by atoms with E-state index in [0.717, 1.165) is 25.8 Å². The lowest BCUT2D eigenvalue weighted by Crippen LogP contribution is -2.54. The van der Waals surface area contributed by atoms with Gasteiger partial charge in [0.1, 0.15) is 5.54 Å². The van der Waals surface area contributed by atoms with Crippen LogP contribution in [0, 0.1) is 0 Å². The summed E-state index contributed by atoms with van der Waals surface area (Å²) in [6.07, 6.45) is 3.03. The van der Waals surface area contributed by atoms with E-state index in [1.54, 1.807) is 0 Å². The fourth-order valence-corrected chi connectivity index (χ4v) is 2.59. The molecule has 0 saturated heterocycles. The molecule has 0 aromatic heterocycles. The lowest BCUT2D eigenvalue weighted by atomic mass is 9.96. The van der Waals surface area contributed by atoms with E-state index in [0.29, 0.717) is 6.04 Å². The first-order chi connectivity index (χ1) is 8.80. The molecule has 0 aromatic carbocycles. The second kappa shape index (κ2) is 8.54. The van der Waals surface area contributed by atoms with E-state index in [-0.39, 0.29) is 12.0 Å². The SMILES string of the molecule is CCC(CC)N(C)CCC(C)(NC(C)C)C(=O)OC. The highest BCUT2D eigenvalue weighted by Gasteiger charge is 2.34. The van der Waals surface area contributed by atoms with Crippen molar-refractivity contribution in [3.63, 3.8) is 0 Å². The van der Waals surface area contributed by atoms with Gasteiger partial charge in [-0.1, -0.05) is 13.8 Å². The second-order valence-electron chi connectivity index (χ2n) is 5.82. The summed E-state index contributed by atoms with van der Waals surface area (Å²) < 4.78 is 4.94. The Hall–Kier alpha value is -0.610. The number of nitrogens with one attached hydrogen (secondary N) is 1. The van der Waals surface area contributed by atoms with Gasteiger partial charge in [0.15, 0.2) is 0 Å². The molecule has 0 fully saturated rings. The van der Waals surface area contributed by atoms with Crippen LogP contribution in [-0.2, 0) is 9.53 Å². The molecule has 0 aliphatic carbocycles. The van der Waals surface area contributed by atoms with Gasteiger partial charge in [-0.05, 0) is 47.1 Å². The first-order valence-corrected chi connectivity index (χ1v) is 7.37. The van der Waals surface area contributed by atoms with Crippen molar-refractivity contribution in [3.8, 4) is 0 Å². The summed E-state index contributed by atoms with van der Waals surface area (Å²) in [5.74, 6) is -0.181. The number of hydrogen-bond acceptors (Lipinski definition) is 4. The van der Waals surface area contributed by atoms with Crippen molar-refractivity contribution in [1.82, 2.24) is 10.2 Å². The van der Waals surface area contributed by atoms with Crippen LogP contribution in [0.25, 0.3) is 0 Å². The predicted octanol–water partition coefficient (Wildman–Crippen LogP) is 2.43. The summed E-state index contributed by atoms with van der Waals surface area (Å²) in [6.45, 7) is 11.3. The van der Waals surface area contributed by atoms with Gasteiger partial charge in [-0.25, -0.2) is 0 Å². The van der Waals surface area contributed by atoms with E-state index in [4.69, 9.17) is 4.74 Å². The second-order valence-corrected chi connectivity index (χ2v) is 5.82. The number of hydrogen-bond donors (Lipinski definition) is 1. The third kappa shape index (κ3) is 5.91. The molecule has 1 atom stereocenters. The Morgan fingerprint density at radius 3 is 2.21 bits per heavy atom. The third-order valence-corrected chi connectivity index (χ3v) is 3.77. The average molecular weight is 272 g/mol. The zero-order valence-electron chi connectivity index (χ0n) is 13.7. The van der Waals surface area contributed by atoms with Crippen molar-refractivity contribution in [2.75, 3.05) is 20.7 Å². The van der Waals surface area contributed by atoms with Crippen LogP contribution in [-0.4, -0.2) is 49.2 Å². The highest BCUT2D eigenvalue weighted by Crippen LogP contribution is 2.16. The average Bonchev–Trinajstić information content (AvgIpc) is 2.36. The molecule has 1 unspecified atom stereocenters. The molecule has 19 heavy (non-hydrogen) atoms. The van der Waals surface area contributed by atoms with Gasteiger partial charge in [-0.3, -0.25) is 10.1 Å². The first kappa shape index (κ1) is 18.4. The van der Waals surface area contributed by atoms with Crippen molar-refractivity contribution in [2.24, 2.45) is 0 Å². The molecule has 0 aliphatic rings. The molecular formula is C15H32N2O2. The number of methoxy groups -OCH3 is 1. The van der Waals surface area contributed by atoms with Crippen LogP contribution in [0.4, 0.5) is 0 Å². The molecule has 0 aliphatic heterocycles. The Labute approximate surface area is 118 Å². The van der Waals surface area contributed by atoms with E-state index in [1.807, 2.05) is 20.8 Å². The van der Waals surface area contributed by atoms with E-state index in [1.165, 1.54) is 7.11 Å². The predicted molar refractivity (Wildman–Crippen MR) is 80.3 cm³/mol. The topological polar surface area (TPSA) is 41.6 Å². The largest absolute Gasteiger partial charge is 0.468 e. The zero-order valence-corrected chi connectivity index (χ0v) is 13.7. The van der Waals surface area contributed by atoms with Gasteiger partial charge in [-0.2, -0.15) is 0 Å². The fourth-order valence-electron chi connectivity index (χ4n) is 2.59. The number of esters is 1. The molecule has 0 heterocycles. The van der Waals surface area contributed by atoms with Crippen LogP contribution in [0.1, 0.15) is 53.9 Å². The maximum atomic E-state index is 12.0. The Morgan fingerprint density at radius 1 is 1.32 bits per heavy atom. The van der Waals surface area contributed by atoms with Gasteiger partial charge < -0.3 is 9.64 Å². The van der Waals surface area contributed by atoms with Crippen LogP contribution >= 0.6 is 0 Å². The molecule has 0 saturated carbocycles. The molecule has 0 radical (unpaired) electrons. The Bertz CT molecular complexity index is 265. The first-order valence-electron chi connectivity index (χ1n) is 7.37. The van der Waals surface area contributed by atoms with Gasteiger partial charge >= 0.3 is 5.97 Å². The molecule has 1 N–H and O–H groups in total.